The number of alkyl carbamates (subject to hydrolysis) is 1. The van der Waals surface area contributed by atoms with Crippen LogP contribution < -0.4 is 5.32 Å². The van der Waals surface area contributed by atoms with Crippen molar-refractivity contribution in [3.8, 4) is 11.1 Å². The molecule has 2 aromatic carbocycles. The summed E-state index contributed by atoms with van der Waals surface area (Å²) < 4.78 is 15.7. The van der Waals surface area contributed by atoms with Crippen LogP contribution >= 0.6 is 0 Å². The highest BCUT2D eigenvalue weighted by Gasteiger charge is 2.28. The molecule has 0 spiro atoms. The number of carboxylic acid groups (broad SMARTS) is 1. The van der Waals surface area contributed by atoms with Crippen LogP contribution in [0.2, 0.25) is 0 Å². The van der Waals surface area contributed by atoms with E-state index in [1.165, 1.54) is 6.08 Å². The minimum absolute atomic E-state index is 0.0140. The molecule has 2 N–H and O–H groups in total. The Morgan fingerprint density at radius 1 is 1.00 bits per heavy atom. The van der Waals surface area contributed by atoms with Crippen molar-refractivity contribution in [1.82, 2.24) is 10.2 Å². The fraction of sp³-hybridized carbons (Fsp3) is 0.320. The van der Waals surface area contributed by atoms with Gasteiger partial charge >= 0.3 is 18.2 Å². The molecular formula is C25H28N2O7. The lowest BCUT2D eigenvalue weighted by atomic mass is 9.98. The van der Waals surface area contributed by atoms with Crippen LogP contribution in [0.5, 0.6) is 0 Å². The van der Waals surface area contributed by atoms with Crippen molar-refractivity contribution in [2.45, 2.75) is 5.92 Å². The first-order chi connectivity index (χ1) is 16.5. The van der Waals surface area contributed by atoms with Gasteiger partial charge in [-0.05, 0) is 22.3 Å². The Balaban J connectivity index is 1.37. The fourth-order valence-corrected chi connectivity index (χ4v) is 3.77. The first-order valence-electron chi connectivity index (χ1n) is 10.9. The Bertz CT molecular complexity index is 978. The Morgan fingerprint density at radius 3 is 2.26 bits per heavy atom. The molecule has 0 unspecified atom stereocenters. The summed E-state index contributed by atoms with van der Waals surface area (Å²) >= 11 is 0. The molecule has 0 aromatic heterocycles. The Hall–Kier alpha value is -3.85. The summed E-state index contributed by atoms with van der Waals surface area (Å²) in [6, 6.07) is 16.2. The smallest absolute Gasteiger partial charge is 0.410 e. The van der Waals surface area contributed by atoms with Crippen molar-refractivity contribution in [3.63, 3.8) is 0 Å². The third kappa shape index (κ3) is 6.58. The van der Waals surface area contributed by atoms with Crippen molar-refractivity contribution >= 4 is 18.2 Å². The number of nitrogens with zero attached hydrogens (tertiary/aromatic N) is 1. The van der Waals surface area contributed by atoms with Gasteiger partial charge in [0.15, 0.2) is 0 Å². The van der Waals surface area contributed by atoms with Crippen LogP contribution in [0.3, 0.4) is 0 Å². The normalized spacial score (nSPS) is 11.8. The van der Waals surface area contributed by atoms with Crippen LogP contribution in [0.4, 0.5) is 9.59 Å². The second-order valence-corrected chi connectivity index (χ2v) is 7.55. The summed E-state index contributed by atoms with van der Waals surface area (Å²) in [5.41, 5.74) is 4.59. The number of hydrogen-bond donors (Lipinski definition) is 2. The number of fused-ring (bicyclic) bond motifs is 3. The molecule has 0 heterocycles. The van der Waals surface area contributed by atoms with E-state index in [1.807, 2.05) is 24.3 Å². The first-order valence-corrected chi connectivity index (χ1v) is 10.9. The summed E-state index contributed by atoms with van der Waals surface area (Å²) in [6.07, 6.45) is 0.0798. The second-order valence-electron chi connectivity index (χ2n) is 7.55. The van der Waals surface area contributed by atoms with Crippen molar-refractivity contribution in [2.75, 3.05) is 46.1 Å². The highest BCUT2D eigenvalue weighted by molar-refractivity contribution is 5.79. The molecule has 2 aromatic rings. The molecular weight excluding hydrogens is 440 g/mol. The van der Waals surface area contributed by atoms with Crippen molar-refractivity contribution in [1.29, 1.82) is 0 Å². The summed E-state index contributed by atoms with van der Waals surface area (Å²) in [5, 5.41) is 11.6. The molecule has 1 aliphatic rings. The molecule has 9 heteroatoms. The summed E-state index contributed by atoms with van der Waals surface area (Å²) in [5.74, 6) is -1.18. The Morgan fingerprint density at radius 2 is 1.65 bits per heavy atom. The maximum Gasteiger partial charge on any atom is 0.410 e. The second kappa shape index (κ2) is 12.4. The van der Waals surface area contributed by atoms with Gasteiger partial charge in [-0.2, -0.15) is 0 Å². The predicted octanol–water partition coefficient (Wildman–Crippen LogP) is 3.25. The van der Waals surface area contributed by atoms with Gasteiger partial charge in [0, 0.05) is 19.0 Å². The van der Waals surface area contributed by atoms with E-state index in [9.17, 15) is 14.4 Å². The maximum atomic E-state index is 12.1. The third-order valence-electron chi connectivity index (χ3n) is 5.27. The molecule has 2 amide bonds. The molecule has 3 rings (SSSR count). The van der Waals surface area contributed by atoms with E-state index in [0.717, 1.165) is 27.2 Å². The van der Waals surface area contributed by atoms with Gasteiger partial charge in [0.25, 0.3) is 0 Å². The molecule has 0 saturated carbocycles. The zero-order chi connectivity index (χ0) is 24.3. The molecule has 0 bridgehead atoms. The van der Waals surface area contributed by atoms with E-state index < -0.39 is 24.7 Å². The topological polar surface area (TPSA) is 114 Å². The Kier molecular flexibility index (Phi) is 9.04. The summed E-state index contributed by atoms with van der Waals surface area (Å²) in [7, 11) is 0. The van der Waals surface area contributed by atoms with E-state index in [2.05, 4.69) is 36.2 Å². The number of carbonyl (C=O) groups excluding carboxylic acids is 2. The lowest BCUT2D eigenvalue weighted by molar-refractivity contribution is -0.138. The zero-order valence-corrected chi connectivity index (χ0v) is 18.8. The number of hydrogen-bond acceptors (Lipinski definition) is 6. The van der Waals surface area contributed by atoms with Crippen molar-refractivity contribution in [2.24, 2.45) is 0 Å². The maximum absolute atomic E-state index is 12.1. The quantitative estimate of drug-likeness (QED) is 0.363. The van der Waals surface area contributed by atoms with Gasteiger partial charge in [0.1, 0.15) is 19.8 Å². The van der Waals surface area contributed by atoms with E-state index in [0.29, 0.717) is 0 Å². The van der Waals surface area contributed by atoms with Gasteiger partial charge in [0.05, 0.1) is 13.2 Å². The molecule has 1 aliphatic carbocycles. The molecule has 0 atom stereocenters. The molecule has 180 valence electrons. The SMILES string of the molecule is C=CCOC(=O)N(CCOCCNC(=O)OCC1c2ccccc2-c2ccccc21)CC(=O)O. The number of amides is 2. The highest BCUT2D eigenvalue weighted by atomic mass is 16.6. The zero-order valence-electron chi connectivity index (χ0n) is 18.8. The molecule has 9 nitrogen and oxygen atoms in total. The number of ether oxygens (including phenoxy) is 3. The third-order valence-corrected chi connectivity index (χ3v) is 5.27. The van der Waals surface area contributed by atoms with Crippen LogP contribution in [0.1, 0.15) is 17.0 Å². The van der Waals surface area contributed by atoms with Crippen LogP contribution in [0.15, 0.2) is 61.2 Å². The number of carbonyl (C=O) groups is 3. The average Bonchev–Trinajstić information content (AvgIpc) is 3.16. The minimum Gasteiger partial charge on any atom is -0.480 e. The monoisotopic (exact) mass is 468 g/mol. The lowest BCUT2D eigenvalue weighted by Gasteiger charge is -2.19. The number of nitrogens with one attached hydrogen (secondary N) is 1. The fourth-order valence-electron chi connectivity index (χ4n) is 3.77. The van der Waals surface area contributed by atoms with Gasteiger partial charge < -0.3 is 24.6 Å². The van der Waals surface area contributed by atoms with Gasteiger partial charge in [-0.3, -0.25) is 9.69 Å². The number of rotatable bonds is 12. The molecule has 0 radical (unpaired) electrons. The standard InChI is InChI=1S/C25H28N2O7/c1-2-13-33-25(31)27(16-23(28)29)12-15-32-14-11-26-24(30)34-17-22-20-9-5-3-7-18(20)19-8-4-6-10-21(19)22/h2-10,22H,1,11-17H2,(H,26,30)(H,28,29). The summed E-state index contributed by atoms with van der Waals surface area (Å²) in [6.45, 7) is 3.64. The molecule has 34 heavy (non-hydrogen) atoms. The number of aliphatic carboxylic acids is 1. The lowest BCUT2D eigenvalue weighted by Crippen LogP contribution is -2.39. The van der Waals surface area contributed by atoms with E-state index in [1.54, 1.807) is 0 Å². The van der Waals surface area contributed by atoms with Crippen LogP contribution in [0, 0.1) is 0 Å². The largest absolute Gasteiger partial charge is 0.480 e. The predicted molar refractivity (Wildman–Crippen MR) is 125 cm³/mol. The minimum atomic E-state index is -1.16. The van der Waals surface area contributed by atoms with Crippen LogP contribution in [-0.2, 0) is 19.0 Å². The van der Waals surface area contributed by atoms with Crippen LogP contribution in [0.25, 0.3) is 11.1 Å². The van der Waals surface area contributed by atoms with E-state index in [-0.39, 0.29) is 45.4 Å². The van der Waals surface area contributed by atoms with Gasteiger partial charge in [-0.1, -0.05) is 61.2 Å². The van der Waals surface area contributed by atoms with E-state index >= 15 is 0 Å². The van der Waals surface area contributed by atoms with Gasteiger partial charge in [-0.25, -0.2) is 9.59 Å². The Labute approximate surface area is 197 Å². The number of carboxylic acids is 1. The van der Waals surface area contributed by atoms with Crippen molar-refractivity contribution in [3.05, 3.63) is 72.3 Å². The molecule has 0 fully saturated rings. The van der Waals surface area contributed by atoms with Crippen molar-refractivity contribution < 1.29 is 33.7 Å². The molecule has 0 saturated heterocycles. The highest BCUT2D eigenvalue weighted by Crippen LogP contribution is 2.44. The first kappa shape index (κ1) is 24.8. The van der Waals surface area contributed by atoms with E-state index in [4.69, 9.17) is 19.3 Å². The van der Waals surface area contributed by atoms with Crippen LogP contribution in [-0.4, -0.2) is 74.2 Å². The number of benzene rings is 2. The van der Waals surface area contributed by atoms with Gasteiger partial charge in [-0.15, -0.1) is 0 Å². The molecule has 0 aliphatic heterocycles. The average molecular weight is 469 g/mol. The van der Waals surface area contributed by atoms with Gasteiger partial charge in [0.2, 0.25) is 0 Å². The summed E-state index contributed by atoms with van der Waals surface area (Å²) in [4.78, 5) is 35.9.